The molecular weight excluding hydrogens is 197 g/mol. The lowest BCUT2D eigenvalue weighted by Gasteiger charge is -2.14. The Morgan fingerprint density at radius 3 is 2.40 bits per heavy atom. The maximum atomic E-state index is 11.2. The highest BCUT2D eigenvalue weighted by atomic mass is 16.5. The van der Waals surface area contributed by atoms with Crippen LogP contribution in [-0.2, 0) is 19.0 Å². The number of ether oxygens (including phenoxy) is 1. The Hall–Kier alpha value is -1.30. The molecule has 15 heavy (non-hydrogen) atoms. The SMILES string of the molecule is C=CB(C)OC(=O)CN(C)CC(=O)OC. The smallest absolute Gasteiger partial charge is 0.384 e. The van der Waals surface area contributed by atoms with Gasteiger partial charge < -0.3 is 9.39 Å². The van der Waals surface area contributed by atoms with Gasteiger partial charge >= 0.3 is 18.9 Å². The number of esters is 1. The highest BCUT2D eigenvalue weighted by Crippen LogP contribution is 1.91. The molecule has 0 atom stereocenters. The van der Waals surface area contributed by atoms with Crippen molar-refractivity contribution in [1.29, 1.82) is 0 Å². The zero-order valence-electron chi connectivity index (χ0n) is 9.36. The van der Waals surface area contributed by atoms with Crippen LogP contribution in [0.3, 0.4) is 0 Å². The Labute approximate surface area is 90.1 Å². The predicted molar refractivity (Wildman–Crippen MR) is 57.4 cm³/mol. The quantitative estimate of drug-likeness (QED) is 0.458. The minimum atomic E-state index is -0.395. The Kier molecular flexibility index (Phi) is 6.45. The Bertz CT molecular complexity index is 244. The zero-order valence-corrected chi connectivity index (χ0v) is 9.36. The fourth-order valence-electron chi connectivity index (χ4n) is 0.854. The first-order valence-corrected chi connectivity index (χ1v) is 4.57. The van der Waals surface area contributed by atoms with Crippen LogP contribution in [0.25, 0.3) is 0 Å². The molecule has 0 spiro atoms. The van der Waals surface area contributed by atoms with Crippen LogP contribution < -0.4 is 0 Å². The lowest BCUT2D eigenvalue weighted by molar-refractivity contribution is -0.142. The molecule has 0 aliphatic carbocycles. The third-order valence-corrected chi connectivity index (χ3v) is 1.67. The molecule has 84 valence electrons. The molecule has 0 bridgehead atoms. The van der Waals surface area contributed by atoms with Crippen molar-refractivity contribution in [2.75, 3.05) is 27.2 Å². The summed E-state index contributed by atoms with van der Waals surface area (Å²) in [7, 11) is 2.94. The van der Waals surface area contributed by atoms with Gasteiger partial charge in [-0.2, -0.15) is 0 Å². The van der Waals surface area contributed by atoms with E-state index in [1.54, 1.807) is 13.9 Å². The second kappa shape index (κ2) is 7.06. The number of carbonyl (C=O) groups is 2. The van der Waals surface area contributed by atoms with Gasteiger partial charge in [0.1, 0.15) is 0 Å². The van der Waals surface area contributed by atoms with E-state index in [9.17, 15) is 9.59 Å². The van der Waals surface area contributed by atoms with Crippen molar-refractivity contribution >= 4 is 18.9 Å². The first-order valence-electron chi connectivity index (χ1n) is 4.57. The van der Waals surface area contributed by atoms with Crippen LogP contribution in [0, 0.1) is 0 Å². The highest BCUT2D eigenvalue weighted by molar-refractivity contribution is 6.57. The molecule has 0 aromatic rings. The van der Waals surface area contributed by atoms with E-state index in [1.165, 1.54) is 18.0 Å². The van der Waals surface area contributed by atoms with Gasteiger partial charge in [-0.05, 0) is 13.9 Å². The molecule has 0 saturated carbocycles. The predicted octanol–water partition coefficient (Wildman–Crippen LogP) is -0.0191. The van der Waals surface area contributed by atoms with Gasteiger partial charge in [0, 0.05) is 0 Å². The first kappa shape index (κ1) is 13.7. The molecule has 0 unspecified atom stereocenters. The minimum Gasteiger partial charge on any atom is -0.531 e. The summed E-state index contributed by atoms with van der Waals surface area (Å²) in [5, 5.41) is 0. The summed E-state index contributed by atoms with van der Waals surface area (Å²) in [5.74, 6) is 0.744. The van der Waals surface area contributed by atoms with Crippen molar-refractivity contribution in [3.05, 3.63) is 12.6 Å². The summed E-state index contributed by atoms with van der Waals surface area (Å²) in [6.45, 7) is 5.00. The van der Waals surface area contributed by atoms with Crippen LogP contribution >= 0.6 is 0 Å². The van der Waals surface area contributed by atoms with Gasteiger partial charge in [0.15, 0.2) is 0 Å². The number of carbonyl (C=O) groups excluding carboxylic acids is 2. The third kappa shape index (κ3) is 6.73. The summed E-state index contributed by atoms with van der Waals surface area (Å²) in [5.41, 5.74) is 0. The van der Waals surface area contributed by atoms with E-state index in [-0.39, 0.29) is 26.0 Å². The topological polar surface area (TPSA) is 55.8 Å². The molecule has 0 radical (unpaired) electrons. The third-order valence-electron chi connectivity index (χ3n) is 1.67. The number of likely N-dealkylation sites (N-methyl/N-ethyl adjacent to an activating group) is 1. The molecule has 0 aromatic heterocycles. The van der Waals surface area contributed by atoms with Gasteiger partial charge in [-0.15, -0.1) is 6.58 Å². The Morgan fingerprint density at radius 1 is 1.40 bits per heavy atom. The number of methoxy groups -OCH3 is 1. The van der Waals surface area contributed by atoms with Crippen LogP contribution in [0.5, 0.6) is 0 Å². The second-order valence-electron chi connectivity index (χ2n) is 3.18. The van der Waals surface area contributed by atoms with Gasteiger partial charge in [-0.25, -0.2) is 0 Å². The number of hydrogen-bond donors (Lipinski definition) is 0. The average molecular weight is 213 g/mol. The van der Waals surface area contributed by atoms with E-state index < -0.39 is 5.97 Å². The van der Waals surface area contributed by atoms with E-state index in [2.05, 4.69) is 11.3 Å². The van der Waals surface area contributed by atoms with Gasteiger partial charge in [0.25, 0.3) is 0 Å². The minimum absolute atomic E-state index is 0.0489. The van der Waals surface area contributed by atoms with Crippen molar-refractivity contribution < 1.29 is 19.0 Å². The first-order chi connectivity index (χ1) is 6.99. The van der Waals surface area contributed by atoms with Gasteiger partial charge in [-0.1, -0.05) is 5.98 Å². The lowest BCUT2D eigenvalue weighted by Crippen LogP contribution is -2.34. The van der Waals surface area contributed by atoms with Crippen molar-refractivity contribution in [3.63, 3.8) is 0 Å². The van der Waals surface area contributed by atoms with Crippen LogP contribution in [0.4, 0.5) is 0 Å². The van der Waals surface area contributed by atoms with Crippen molar-refractivity contribution in [2.24, 2.45) is 0 Å². The second-order valence-corrected chi connectivity index (χ2v) is 3.18. The normalized spacial score (nSPS) is 9.60. The lowest BCUT2D eigenvalue weighted by atomic mass is 9.72. The molecule has 0 heterocycles. The van der Waals surface area contributed by atoms with Crippen LogP contribution in [-0.4, -0.2) is 51.0 Å². The molecule has 0 saturated heterocycles. The Morgan fingerprint density at radius 2 is 1.93 bits per heavy atom. The summed E-state index contributed by atoms with van der Waals surface area (Å²) >= 11 is 0. The monoisotopic (exact) mass is 213 g/mol. The molecule has 0 N–H and O–H groups in total. The maximum Gasteiger partial charge on any atom is 0.384 e. The van der Waals surface area contributed by atoms with Crippen LogP contribution in [0.15, 0.2) is 12.6 Å². The molecule has 0 aliphatic heterocycles. The molecule has 0 rings (SSSR count). The van der Waals surface area contributed by atoms with E-state index in [4.69, 9.17) is 4.65 Å². The number of hydrogen-bond acceptors (Lipinski definition) is 5. The summed E-state index contributed by atoms with van der Waals surface area (Å²) in [6, 6.07) is 0. The fourth-order valence-corrected chi connectivity index (χ4v) is 0.854. The highest BCUT2D eigenvalue weighted by Gasteiger charge is 2.14. The van der Waals surface area contributed by atoms with E-state index >= 15 is 0 Å². The summed E-state index contributed by atoms with van der Waals surface area (Å²) in [4.78, 5) is 23.6. The van der Waals surface area contributed by atoms with Crippen LogP contribution in [0.2, 0.25) is 6.82 Å². The zero-order chi connectivity index (χ0) is 11.8. The molecule has 0 aromatic carbocycles. The standard InChI is InChI=1S/C9H16BNO4/c1-5-10(2)15-9(13)7-11(3)6-8(12)14-4/h5H,1,6-7H2,2-4H3. The maximum absolute atomic E-state index is 11.2. The van der Waals surface area contributed by atoms with Crippen molar-refractivity contribution in [3.8, 4) is 0 Å². The molecule has 6 heteroatoms. The fraction of sp³-hybridized carbons (Fsp3) is 0.556. The molecule has 0 aliphatic rings. The summed E-state index contributed by atoms with van der Waals surface area (Å²) < 4.78 is 9.39. The molecule has 5 nitrogen and oxygen atoms in total. The molecular formula is C9H16BNO4. The van der Waals surface area contributed by atoms with Crippen molar-refractivity contribution in [2.45, 2.75) is 6.82 Å². The van der Waals surface area contributed by atoms with Gasteiger partial charge in [-0.3, -0.25) is 14.5 Å². The van der Waals surface area contributed by atoms with E-state index in [0.29, 0.717) is 0 Å². The largest absolute Gasteiger partial charge is 0.531 e. The van der Waals surface area contributed by atoms with Gasteiger partial charge in [0.2, 0.25) is 0 Å². The van der Waals surface area contributed by atoms with Gasteiger partial charge in [0.05, 0.1) is 20.2 Å². The van der Waals surface area contributed by atoms with Crippen molar-refractivity contribution in [1.82, 2.24) is 4.90 Å². The van der Waals surface area contributed by atoms with E-state index in [0.717, 1.165) is 0 Å². The summed E-state index contributed by atoms with van der Waals surface area (Å²) in [6.07, 6.45) is 0. The average Bonchev–Trinajstić information content (AvgIpc) is 2.16. The van der Waals surface area contributed by atoms with E-state index in [1.807, 2.05) is 0 Å². The molecule has 0 fully saturated rings. The number of nitrogens with zero attached hydrogens (tertiary/aromatic N) is 1. The Balaban J connectivity index is 3.85. The molecule has 0 amide bonds. The number of rotatable bonds is 6. The van der Waals surface area contributed by atoms with Crippen LogP contribution in [0.1, 0.15) is 0 Å².